The lowest BCUT2D eigenvalue weighted by Crippen LogP contribution is -2.29. The quantitative estimate of drug-likeness (QED) is 0.154. The largest absolute Gasteiger partial charge is 0.508 e. The molecule has 4 N–H and O–H groups in total. The van der Waals surface area contributed by atoms with Gasteiger partial charge in [0.1, 0.15) is 22.3 Å². The maximum Gasteiger partial charge on any atom is 0.243 e. The number of H-pyrrole nitrogens is 1. The highest BCUT2D eigenvalue weighted by molar-refractivity contribution is 7.89. The third kappa shape index (κ3) is 6.07. The van der Waals surface area contributed by atoms with Crippen LogP contribution in [0.1, 0.15) is 0 Å². The van der Waals surface area contributed by atoms with E-state index in [0.717, 1.165) is 22.4 Å². The number of hydrogen-bond acceptors (Lipinski definition) is 6. The van der Waals surface area contributed by atoms with E-state index in [1.165, 1.54) is 12.1 Å². The highest BCUT2D eigenvalue weighted by atomic mass is 35.5. The number of benzene rings is 3. The summed E-state index contributed by atoms with van der Waals surface area (Å²) in [7, 11) is -3.90. The first-order valence-corrected chi connectivity index (χ1v) is 14.1. The fourth-order valence-electron chi connectivity index (χ4n) is 4.05. The molecule has 0 radical (unpaired) electrons. The number of hydrogen-bond donors (Lipinski definition) is 4. The highest BCUT2D eigenvalue weighted by Gasteiger charge is 2.21. The molecule has 0 amide bonds. The number of phenolic OH excluding ortho intramolecular Hbond substituents is 1. The van der Waals surface area contributed by atoms with E-state index >= 15 is 0 Å². The molecule has 0 aliphatic rings. The monoisotopic (exact) mass is 579 g/mol. The summed E-state index contributed by atoms with van der Waals surface area (Å²) in [4.78, 5) is 12.5. The van der Waals surface area contributed by atoms with Crippen molar-refractivity contribution >= 4 is 39.0 Å². The van der Waals surface area contributed by atoms with E-state index in [-0.39, 0.29) is 33.8 Å². The summed E-state index contributed by atoms with van der Waals surface area (Å²) in [5, 5.41) is 13.3. The summed E-state index contributed by atoms with van der Waals surface area (Å²) >= 11 is 12.1. The molecule has 0 fully saturated rings. The Labute approximate surface area is 235 Å². The van der Waals surface area contributed by atoms with E-state index in [0.29, 0.717) is 17.3 Å². The molecule has 198 valence electrons. The number of phenols is 1. The second-order valence-corrected chi connectivity index (χ2v) is 11.0. The zero-order valence-electron chi connectivity index (χ0n) is 20.4. The van der Waals surface area contributed by atoms with Crippen LogP contribution in [0.3, 0.4) is 0 Å². The van der Waals surface area contributed by atoms with Gasteiger partial charge in [-0.2, -0.15) is 0 Å². The smallest absolute Gasteiger partial charge is 0.243 e. The number of aromatic hydroxyl groups is 1. The van der Waals surface area contributed by atoms with Gasteiger partial charge in [0.15, 0.2) is 0 Å². The van der Waals surface area contributed by atoms with Crippen molar-refractivity contribution in [3.8, 4) is 39.7 Å². The van der Waals surface area contributed by atoms with E-state index in [1.54, 1.807) is 30.5 Å². The average molecular weight is 580 g/mol. The van der Waals surface area contributed by atoms with Crippen LogP contribution in [0.2, 0.25) is 10.0 Å². The minimum Gasteiger partial charge on any atom is -0.508 e. The summed E-state index contributed by atoms with van der Waals surface area (Å²) in [5.74, 6) is 1.36. The van der Waals surface area contributed by atoms with E-state index in [2.05, 4.69) is 20.0 Å². The molecule has 0 bridgehead atoms. The van der Waals surface area contributed by atoms with Crippen LogP contribution in [0.25, 0.3) is 33.9 Å². The molecule has 8 nitrogen and oxygen atoms in total. The Morgan fingerprint density at radius 1 is 0.821 bits per heavy atom. The second-order valence-electron chi connectivity index (χ2n) is 8.53. The third-order valence-corrected chi connectivity index (χ3v) is 8.25. The number of rotatable bonds is 9. The van der Waals surface area contributed by atoms with Gasteiger partial charge in [-0.1, -0.05) is 71.7 Å². The van der Waals surface area contributed by atoms with Crippen LogP contribution in [0.5, 0.6) is 5.75 Å². The molecule has 0 unspecified atom stereocenters. The van der Waals surface area contributed by atoms with Gasteiger partial charge in [-0.05, 0) is 36.4 Å². The Balaban J connectivity index is 1.37. The van der Waals surface area contributed by atoms with Crippen LogP contribution in [-0.4, -0.2) is 41.6 Å². The Morgan fingerprint density at radius 2 is 1.54 bits per heavy atom. The number of pyridine rings is 1. The van der Waals surface area contributed by atoms with Gasteiger partial charge in [0.2, 0.25) is 10.0 Å². The molecule has 0 saturated heterocycles. The highest BCUT2D eigenvalue weighted by Crippen LogP contribution is 2.35. The summed E-state index contributed by atoms with van der Waals surface area (Å²) in [6.07, 6.45) is 1.65. The first-order valence-electron chi connectivity index (χ1n) is 11.9. The van der Waals surface area contributed by atoms with Crippen molar-refractivity contribution in [3.63, 3.8) is 0 Å². The van der Waals surface area contributed by atoms with Crippen LogP contribution < -0.4 is 10.0 Å². The summed E-state index contributed by atoms with van der Waals surface area (Å²) in [6, 6.07) is 24.9. The molecule has 39 heavy (non-hydrogen) atoms. The summed E-state index contributed by atoms with van der Waals surface area (Å²) in [6.45, 7) is 0.335. The molecule has 5 rings (SSSR count). The van der Waals surface area contributed by atoms with Gasteiger partial charge in [0.25, 0.3) is 0 Å². The Kier molecular flexibility index (Phi) is 7.85. The Morgan fingerprint density at radius 3 is 2.28 bits per heavy atom. The number of imidazole rings is 1. The van der Waals surface area contributed by atoms with Crippen LogP contribution in [-0.2, 0) is 10.0 Å². The number of halogens is 2. The van der Waals surface area contributed by atoms with Crippen molar-refractivity contribution in [2.24, 2.45) is 0 Å². The van der Waals surface area contributed by atoms with Crippen LogP contribution in [0.15, 0.2) is 96.0 Å². The van der Waals surface area contributed by atoms with Gasteiger partial charge in [-0.25, -0.2) is 23.1 Å². The first-order chi connectivity index (χ1) is 18.8. The number of aromatic amines is 1. The number of anilines is 1. The molecule has 2 aromatic heterocycles. The van der Waals surface area contributed by atoms with E-state index in [1.807, 2.05) is 48.5 Å². The molecule has 0 saturated carbocycles. The predicted molar refractivity (Wildman–Crippen MR) is 154 cm³/mol. The molecule has 0 aliphatic heterocycles. The Hall–Kier alpha value is -3.89. The van der Waals surface area contributed by atoms with Crippen LogP contribution in [0, 0.1) is 0 Å². The Bertz CT molecular complexity index is 1710. The second kappa shape index (κ2) is 11.5. The standard InChI is InChI=1S/C28H23Cl2N5O3S/c29-22-10-5-11-23(30)27(22)39(37,38)33-15-14-32-24-17-20(12-13-31-24)26-25(19-8-4-9-21(36)16-19)34-28(35-26)18-6-2-1-3-7-18/h1-13,16-17,33,36H,14-15H2,(H,31,32)(H,34,35). The van der Waals surface area contributed by atoms with E-state index in [9.17, 15) is 13.5 Å². The maximum atomic E-state index is 12.7. The number of aromatic nitrogens is 3. The van der Waals surface area contributed by atoms with Crippen molar-refractivity contribution in [2.75, 3.05) is 18.4 Å². The average Bonchev–Trinajstić information content (AvgIpc) is 3.37. The number of sulfonamides is 1. The molecule has 5 aromatic rings. The fraction of sp³-hybridized carbons (Fsp3) is 0.0714. The molecular weight excluding hydrogens is 557 g/mol. The van der Waals surface area contributed by atoms with Crippen molar-refractivity contribution in [2.45, 2.75) is 4.90 Å². The van der Waals surface area contributed by atoms with Crippen molar-refractivity contribution < 1.29 is 13.5 Å². The van der Waals surface area contributed by atoms with E-state index in [4.69, 9.17) is 28.2 Å². The molecule has 0 atom stereocenters. The van der Waals surface area contributed by atoms with Crippen molar-refractivity contribution in [1.29, 1.82) is 0 Å². The molecule has 0 spiro atoms. The maximum absolute atomic E-state index is 12.7. The fourth-order valence-corrected chi connectivity index (χ4v) is 6.22. The first kappa shape index (κ1) is 26.7. The number of nitrogens with zero attached hydrogens (tertiary/aromatic N) is 2. The summed E-state index contributed by atoms with van der Waals surface area (Å²) < 4.78 is 27.9. The molecular formula is C28H23Cl2N5O3S. The minimum absolute atomic E-state index is 0.0503. The normalized spacial score (nSPS) is 11.4. The zero-order valence-corrected chi connectivity index (χ0v) is 22.7. The lowest BCUT2D eigenvalue weighted by atomic mass is 10.1. The van der Waals surface area contributed by atoms with Gasteiger partial charge in [-0.3, -0.25) is 0 Å². The predicted octanol–water partition coefficient (Wildman–Crippen LogP) is 6.21. The van der Waals surface area contributed by atoms with Crippen molar-refractivity contribution in [3.05, 3.63) is 101 Å². The van der Waals surface area contributed by atoms with Crippen molar-refractivity contribution in [1.82, 2.24) is 19.7 Å². The van der Waals surface area contributed by atoms with E-state index < -0.39 is 10.0 Å². The van der Waals surface area contributed by atoms with Gasteiger partial charge in [0, 0.05) is 36.0 Å². The zero-order chi connectivity index (χ0) is 27.4. The number of nitrogens with one attached hydrogen (secondary N) is 3. The van der Waals surface area contributed by atoms with Gasteiger partial charge >= 0.3 is 0 Å². The van der Waals surface area contributed by atoms with Crippen LogP contribution >= 0.6 is 23.2 Å². The molecule has 3 aromatic carbocycles. The lowest BCUT2D eigenvalue weighted by molar-refractivity contribution is 0.475. The van der Waals surface area contributed by atoms with Gasteiger partial charge < -0.3 is 15.4 Å². The van der Waals surface area contributed by atoms with Gasteiger partial charge in [-0.15, -0.1) is 0 Å². The molecule has 2 heterocycles. The SMILES string of the molecule is O=S(=O)(NCCNc1cc(-c2[nH]c(-c3ccccc3)nc2-c2cccc(O)c2)ccn1)c1c(Cl)cccc1Cl. The minimum atomic E-state index is -3.90. The third-order valence-electron chi connectivity index (χ3n) is 5.83. The van der Waals surface area contributed by atoms with Gasteiger partial charge in [0.05, 0.1) is 21.4 Å². The lowest BCUT2D eigenvalue weighted by Gasteiger charge is -2.11. The molecule has 0 aliphatic carbocycles. The summed E-state index contributed by atoms with van der Waals surface area (Å²) in [5.41, 5.74) is 3.90. The topological polar surface area (TPSA) is 120 Å². The van der Waals surface area contributed by atoms with Crippen LogP contribution in [0.4, 0.5) is 5.82 Å². The molecule has 11 heteroatoms.